The SMILES string of the molecule is O=C(N/N=C\c1cc([N+](=O)[O-])ccc1O)c1cccc2ccccc12. The quantitative estimate of drug-likeness (QED) is 0.434. The van der Waals surface area contributed by atoms with Gasteiger partial charge in [0.2, 0.25) is 0 Å². The zero-order valence-electron chi connectivity index (χ0n) is 12.9. The first-order chi connectivity index (χ1) is 12.1. The molecule has 0 atom stereocenters. The second-order valence-corrected chi connectivity index (χ2v) is 5.23. The summed E-state index contributed by atoms with van der Waals surface area (Å²) in [5.41, 5.74) is 2.77. The van der Waals surface area contributed by atoms with Gasteiger partial charge in [0, 0.05) is 23.3 Å². The number of fused-ring (bicyclic) bond motifs is 1. The average Bonchev–Trinajstić information content (AvgIpc) is 2.62. The summed E-state index contributed by atoms with van der Waals surface area (Å²) in [5.74, 6) is -0.591. The Balaban J connectivity index is 1.81. The number of hydrazone groups is 1. The summed E-state index contributed by atoms with van der Waals surface area (Å²) in [6, 6.07) is 16.4. The number of phenolic OH excluding ortho intramolecular Hbond substituents is 1. The Labute approximate surface area is 142 Å². The molecule has 1 amide bonds. The summed E-state index contributed by atoms with van der Waals surface area (Å²) in [6.45, 7) is 0. The van der Waals surface area contributed by atoms with E-state index in [1.165, 1.54) is 18.2 Å². The standard InChI is InChI=1S/C18H13N3O4/c22-17-9-8-14(21(24)25)10-13(17)11-19-20-18(23)16-7-3-5-12-4-1-2-6-15(12)16/h1-11,22H,(H,20,23)/b19-11-. The van der Waals surface area contributed by atoms with E-state index in [2.05, 4.69) is 10.5 Å². The predicted molar refractivity (Wildman–Crippen MR) is 93.8 cm³/mol. The number of carbonyl (C=O) groups excluding carboxylic acids is 1. The molecular weight excluding hydrogens is 322 g/mol. The zero-order chi connectivity index (χ0) is 17.8. The van der Waals surface area contributed by atoms with Crippen molar-refractivity contribution in [2.24, 2.45) is 5.10 Å². The first-order valence-electron chi connectivity index (χ1n) is 7.35. The van der Waals surface area contributed by atoms with E-state index < -0.39 is 10.8 Å². The minimum Gasteiger partial charge on any atom is -0.507 e. The fraction of sp³-hybridized carbons (Fsp3) is 0. The summed E-state index contributed by atoms with van der Waals surface area (Å²) in [4.78, 5) is 22.5. The molecule has 0 aliphatic heterocycles. The largest absolute Gasteiger partial charge is 0.507 e. The van der Waals surface area contributed by atoms with Crippen molar-refractivity contribution >= 4 is 28.6 Å². The predicted octanol–water partition coefficient (Wildman–Crippen LogP) is 3.22. The number of nitrogens with one attached hydrogen (secondary N) is 1. The van der Waals surface area contributed by atoms with Gasteiger partial charge in [-0.2, -0.15) is 5.10 Å². The average molecular weight is 335 g/mol. The fourth-order valence-electron chi connectivity index (χ4n) is 2.40. The maximum Gasteiger partial charge on any atom is 0.271 e. The number of nitro groups is 1. The fourth-order valence-corrected chi connectivity index (χ4v) is 2.40. The number of benzene rings is 3. The lowest BCUT2D eigenvalue weighted by Crippen LogP contribution is -2.17. The Morgan fingerprint density at radius 3 is 2.68 bits per heavy atom. The third-order valence-corrected chi connectivity index (χ3v) is 3.63. The number of nitrogens with zero attached hydrogens (tertiary/aromatic N) is 2. The number of carbonyl (C=O) groups is 1. The van der Waals surface area contributed by atoms with Crippen molar-refractivity contribution in [2.45, 2.75) is 0 Å². The van der Waals surface area contributed by atoms with E-state index in [0.717, 1.165) is 17.0 Å². The van der Waals surface area contributed by atoms with Gasteiger partial charge in [0.15, 0.2) is 0 Å². The van der Waals surface area contributed by atoms with Crippen molar-refractivity contribution in [3.8, 4) is 5.75 Å². The number of non-ortho nitro benzene ring substituents is 1. The van der Waals surface area contributed by atoms with E-state index in [1.54, 1.807) is 12.1 Å². The van der Waals surface area contributed by atoms with Crippen molar-refractivity contribution in [3.05, 3.63) is 81.9 Å². The molecule has 3 rings (SSSR count). The molecule has 0 radical (unpaired) electrons. The van der Waals surface area contributed by atoms with Crippen LogP contribution in [0, 0.1) is 10.1 Å². The van der Waals surface area contributed by atoms with Crippen LogP contribution in [0.3, 0.4) is 0 Å². The third kappa shape index (κ3) is 3.45. The maximum atomic E-state index is 12.3. The van der Waals surface area contributed by atoms with E-state index in [0.29, 0.717) is 5.56 Å². The number of hydrogen-bond acceptors (Lipinski definition) is 5. The molecule has 0 bridgehead atoms. The lowest BCUT2D eigenvalue weighted by atomic mass is 10.0. The van der Waals surface area contributed by atoms with Crippen LogP contribution in [-0.2, 0) is 0 Å². The Kier molecular flexibility index (Phi) is 4.38. The van der Waals surface area contributed by atoms with Gasteiger partial charge in [-0.15, -0.1) is 0 Å². The van der Waals surface area contributed by atoms with Crippen LogP contribution >= 0.6 is 0 Å². The summed E-state index contributed by atoms with van der Waals surface area (Å²) >= 11 is 0. The second kappa shape index (κ2) is 6.79. The molecule has 0 spiro atoms. The summed E-state index contributed by atoms with van der Waals surface area (Å²) < 4.78 is 0. The molecule has 0 heterocycles. The highest BCUT2D eigenvalue weighted by atomic mass is 16.6. The Morgan fingerprint density at radius 2 is 1.88 bits per heavy atom. The van der Waals surface area contributed by atoms with E-state index in [9.17, 15) is 20.0 Å². The first-order valence-corrected chi connectivity index (χ1v) is 7.35. The summed E-state index contributed by atoms with van der Waals surface area (Å²) in [6.07, 6.45) is 1.16. The van der Waals surface area contributed by atoms with Crippen LogP contribution in [0.25, 0.3) is 10.8 Å². The highest BCUT2D eigenvalue weighted by Gasteiger charge is 2.10. The second-order valence-electron chi connectivity index (χ2n) is 5.23. The molecule has 3 aromatic carbocycles. The minimum absolute atomic E-state index is 0.132. The molecule has 0 aliphatic rings. The number of phenols is 1. The van der Waals surface area contributed by atoms with Gasteiger partial charge in [0.1, 0.15) is 5.75 Å². The van der Waals surface area contributed by atoms with Gasteiger partial charge in [-0.3, -0.25) is 14.9 Å². The highest BCUT2D eigenvalue weighted by molar-refractivity contribution is 6.07. The van der Waals surface area contributed by atoms with E-state index >= 15 is 0 Å². The molecule has 7 heteroatoms. The van der Waals surface area contributed by atoms with Crippen molar-refractivity contribution < 1.29 is 14.8 Å². The molecule has 3 aromatic rings. The number of hydrogen-bond donors (Lipinski definition) is 2. The topological polar surface area (TPSA) is 105 Å². The smallest absolute Gasteiger partial charge is 0.271 e. The molecule has 7 nitrogen and oxygen atoms in total. The third-order valence-electron chi connectivity index (χ3n) is 3.63. The van der Waals surface area contributed by atoms with E-state index in [1.807, 2.05) is 30.3 Å². The molecule has 0 aromatic heterocycles. The van der Waals surface area contributed by atoms with Gasteiger partial charge >= 0.3 is 0 Å². The van der Waals surface area contributed by atoms with Gasteiger partial charge in [-0.25, -0.2) is 5.43 Å². The van der Waals surface area contributed by atoms with Crippen LogP contribution in [0.2, 0.25) is 0 Å². The van der Waals surface area contributed by atoms with Crippen LogP contribution < -0.4 is 5.43 Å². The van der Waals surface area contributed by atoms with Crippen molar-refractivity contribution in [2.75, 3.05) is 0 Å². The monoisotopic (exact) mass is 335 g/mol. The van der Waals surface area contributed by atoms with Crippen LogP contribution in [0.1, 0.15) is 15.9 Å². The Hall–Kier alpha value is -3.74. The highest BCUT2D eigenvalue weighted by Crippen LogP contribution is 2.21. The molecule has 2 N–H and O–H groups in total. The lowest BCUT2D eigenvalue weighted by molar-refractivity contribution is -0.384. The molecular formula is C18H13N3O4. The van der Waals surface area contributed by atoms with Crippen LogP contribution in [-0.4, -0.2) is 22.2 Å². The van der Waals surface area contributed by atoms with Gasteiger partial charge < -0.3 is 5.11 Å². The van der Waals surface area contributed by atoms with Gasteiger partial charge in [0.05, 0.1) is 11.1 Å². The molecule has 0 saturated carbocycles. The van der Waals surface area contributed by atoms with Crippen molar-refractivity contribution in [3.63, 3.8) is 0 Å². The molecule has 25 heavy (non-hydrogen) atoms. The molecule has 0 aliphatic carbocycles. The number of amides is 1. The van der Waals surface area contributed by atoms with E-state index in [-0.39, 0.29) is 17.0 Å². The van der Waals surface area contributed by atoms with Crippen molar-refractivity contribution in [1.29, 1.82) is 0 Å². The lowest BCUT2D eigenvalue weighted by Gasteiger charge is -2.05. The number of rotatable bonds is 4. The first kappa shape index (κ1) is 16.1. The maximum absolute atomic E-state index is 12.3. The minimum atomic E-state index is -0.578. The number of nitro benzene ring substituents is 1. The van der Waals surface area contributed by atoms with Gasteiger partial charge in [0.25, 0.3) is 11.6 Å². The van der Waals surface area contributed by atoms with E-state index in [4.69, 9.17) is 0 Å². The normalized spacial score (nSPS) is 10.9. The number of aromatic hydroxyl groups is 1. The van der Waals surface area contributed by atoms with Crippen molar-refractivity contribution in [1.82, 2.24) is 5.43 Å². The molecule has 0 unspecified atom stereocenters. The van der Waals surface area contributed by atoms with Gasteiger partial charge in [-0.05, 0) is 22.9 Å². The Morgan fingerprint density at radius 1 is 1.12 bits per heavy atom. The van der Waals surface area contributed by atoms with Crippen LogP contribution in [0.5, 0.6) is 5.75 Å². The molecule has 124 valence electrons. The Bertz CT molecular complexity index is 993. The van der Waals surface area contributed by atoms with Crippen LogP contribution in [0.4, 0.5) is 5.69 Å². The molecule has 0 fully saturated rings. The summed E-state index contributed by atoms with van der Waals surface area (Å²) in [5, 5.41) is 26.0. The van der Waals surface area contributed by atoms with Gasteiger partial charge in [-0.1, -0.05) is 36.4 Å². The van der Waals surface area contributed by atoms with Crippen LogP contribution in [0.15, 0.2) is 65.8 Å². The zero-order valence-corrected chi connectivity index (χ0v) is 12.9. The molecule has 0 saturated heterocycles. The summed E-state index contributed by atoms with van der Waals surface area (Å²) in [7, 11) is 0.